The number of phenolic OH excluding ortho intramolecular Hbond substituents is 1. The summed E-state index contributed by atoms with van der Waals surface area (Å²) in [7, 11) is 1.57. The predicted octanol–water partition coefficient (Wildman–Crippen LogP) is 4.35. The van der Waals surface area contributed by atoms with Gasteiger partial charge in [-0.1, -0.05) is 12.1 Å². The lowest BCUT2D eigenvalue weighted by Crippen LogP contribution is -2.45. The molecule has 0 saturated carbocycles. The molecular formula is C29H28N2O7. The summed E-state index contributed by atoms with van der Waals surface area (Å²) in [5.41, 5.74) is 1.85. The maximum atomic E-state index is 13.2. The van der Waals surface area contributed by atoms with Gasteiger partial charge in [0.25, 0.3) is 0 Å². The Morgan fingerprint density at radius 1 is 0.895 bits per heavy atom. The van der Waals surface area contributed by atoms with E-state index in [2.05, 4.69) is 15.9 Å². The van der Waals surface area contributed by atoms with Gasteiger partial charge in [0.15, 0.2) is 11.5 Å². The number of methoxy groups -OCH3 is 1. The molecule has 0 atom stereocenters. The Kier molecular flexibility index (Phi) is 6.53. The number of phenols is 1. The maximum Gasteiger partial charge on any atom is 0.235 e. The predicted molar refractivity (Wildman–Crippen MR) is 140 cm³/mol. The summed E-state index contributed by atoms with van der Waals surface area (Å²) < 4.78 is 27.8. The Balaban J connectivity index is 1.15. The molecule has 0 radical (unpaired) electrons. The first kappa shape index (κ1) is 24.1. The number of hydrogen-bond donors (Lipinski definition) is 1. The molecule has 1 aromatic heterocycles. The summed E-state index contributed by atoms with van der Waals surface area (Å²) in [5.74, 6) is 2.85. The van der Waals surface area contributed by atoms with Crippen LogP contribution in [0.4, 0.5) is 0 Å². The normalized spacial score (nSPS) is 15.6. The van der Waals surface area contributed by atoms with Crippen molar-refractivity contribution in [1.29, 1.82) is 0 Å². The molecule has 0 aliphatic carbocycles. The smallest absolute Gasteiger partial charge is 0.235 e. The quantitative estimate of drug-likeness (QED) is 0.385. The van der Waals surface area contributed by atoms with Crippen LogP contribution in [0.15, 0.2) is 70.1 Å². The molecule has 0 unspecified atom stereocenters. The highest BCUT2D eigenvalue weighted by atomic mass is 16.7. The van der Waals surface area contributed by atoms with E-state index in [1.165, 1.54) is 11.8 Å². The number of nitrogens with zero attached hydrogens (tertiary/aromatic N) is 2. The van der Waals surface area contributed by atoms with Crippen LogP contribution in [-0.2, 0) is 13.1 Å². The van der Waals surface area contributed by atoms with Gasteiger partial charge in [0.2, 0.25) is 18.0 Å². The van der Waals surface area contributed by atoms with Crippen molar-refractivity contribution >= 4 is 11.0 Å². The molecule has 4 aromatic rings. The van der Waals surface area contributed by atoms with Crippen molar-refractivity contribution in [2.24, 2.45) is 0 Å². The minimum atomic E-state index is -0.302. The van der Waals surface area contributed by atoms with Crippen LogP contribution in [0.1, 0.15) is 11.1 Å². The molecular weight excluding hydrogens is 488 g/mol. The summed E-state index contributed by atoms with van der Waals surface area (Å²) in [6, 6.07) is 16.2. The van der Waals surface area contributed by atoms with Gasteiger partial charge in [0.1, 0.15) is 29.1 Å². The van der Waals surface area contributed by atoms with Gasteiger partial charge in [-0.3, -0.25) is 14.6 Å². The summed E-state index contributed by atoms with van der Waals surface area (Å²) in [5, 5.41) is 11.0. The first-order valence-corrected chi connectivity index (χ1v) is 12.5. The third kappa shape index (κ3) is 4.85. The van der Waals surface area contributed by atoms with E-state index in [9.17, 15) is 9.90 Å². The first-order chi connectivity index (χ1) is 18.6. The van der Waals surface area contributed by atoms with Crippen LogP contribution in [0.3, 0.4) is 0 Å². The largest absolute Gasteiger partial charge is 0.507 e. The van der Waals surface area contributed by atoms with Crippen molar-refractivity contribution in [1.82, 2.24) is 9.80 Å². The molecule has 3 heterocycles. The molecule has 9 heteroatoms. The van der Waals surface area contributed by atoms with Crippen molar-refractivity contribution in [2.75, 3.05) is 40.1 Å². The molecule has 3 aromatic carbocycles. The second-order valence-corrected chi connectivity index (χ2v) is 9.39. The second kappa shape index (κ2) is 10.3. The first-order valence-electron chi connectivity index (χ1n) is 12.5. The average molecular weight is 517 g/mol. The zero-order valence-corrected chi connectivity index (χ0v) is 21.0. The lowest BCUT2D eigenvalue weighted by Gasteiger charge is -2.34. The van der Waals surface area contributed by atoms with E-state index in [0.717, 1.165) is 44.2 Å². The lowest BCUT2D eigenvalue weighted by atomic mass is 10.1. The van der Waals surface area contributed by atoms with Crippen molar-refractivity contribution in [3.8, 4) is 34.5 Å². The van der Waals surface area contributed by atoms with Gasteiger partial charge < -0.3 is 28.5 Å². The summed E-state index contributed by atoms with van der Waals surface area (Å²) in [6.45, 7) is 4.97. The molecule has 9 nitrogen and oxygen atoms in total. The van der Waals surface area contributed by atoms with Crippen molar-refractivity contribution < 1.29 is 28.5 Å². The molecule has 2 aliphatic rings. The fourth-order valence-electron chi connectivity index (χ4n) is 4.87. The number of piperazine rings is 1. The van der Waals surface area contributed by atoms with Crippen LogP contribution in [0, 0.1) is 0 Å². The average Bonchev–Trinajstić information content (AvgIpc) is 3.41. The van der Waals surface area contributed by atoms with E-state index in [1.807, 2.05) is 12.1 Å². The standard InChI is InChI=1S/C29H28N2O7/c1-34-20-3-2-4-21(14-20)38-27-17-35-29-22(28(27)33)6-7-24(32)23(29)16-31-11-9-30(10-12-31)15-19-5-8-25-26(13-19)37-18-36-25/h2-8,13-14,17,32H,9-12,15-16,18H2,1H3. The second-order valence-electron chi connectivity index (χ2n) is 9.39. The SMILES string of the molecule is COc1cccc(Oc2coc3c(CN4CCN(Cc5ccc6c(c5)OCO6)CC4)c(O)ccc3c2=O)c1. The van der Waals surface area contributed by atoms with Crippen LogP contribution in [0.5, 0.6) is 34.5 Å². The van der Waals surface area contributed by atoms with Gasteiger partial charge in [0.05, 0.1) is 18.1 Å². The highest BCUT2D eigenvalue weighted by Crippen LogP contribution is 2.33. The Labute approximate surface area is 219 Å². The molecule has 1 saturated heterocycles. The van der Waals surface area contributed by atoms with Gasteiger partial charge in [-0.2, -0.15) is 0 Å². The monoisotopic (exact) mass is 516 g/mol. The summed E-state index contributed by atoms with van der Waals surface area (Å²) in [6.07, 6.45) is 1.30. The number of aromatic hydroxyl groups is 1. The number of ether oxygens (including phenoxy) is 4. The maximum absolute atomic E-state index is 13.2. The molecule has 6 rings (SSSR count). The molecule has 0 bridgehead atoms. The number of rotatable bonds is 7. The third-order valence-electron chi connectivity index (χ3n) is 6.95. The Morgan fingerprint density at radius 3 is 2.47 bits per heavy atom. The minimum Gasteiger partial charge on any atom is -0.507 e. The number of benzene rings is 3. The van der Waals surface area contributed by atoms with Crippen molar-refractivity contribution in [3.63, 3.8) is 0 Å². The lowest BCUT2D eigenvalue weighted by molar-refractivity contribution is 0.121. The molecule has 0 spiro atoms. The molecule has 2 aliphatic heterocycles. The van der Waals surface area contributed by atoms with Crippen LogP contribution >= 0.6 is 0 Å². The fraction of sp³-hybridized carbons (Fsp3) is 0.276. The van der Waals surface area contributed by atoms with Crippen molar-refractivity contribution in [3.05, 3.63) is 82.2 Å². The minimum absolute atomic E-state index is 0.0690. The Bertz CT molecular complexity index is 1530. The Morgan fingerprint density at radius 2 is 1.66 bits per heavy atom. The molecule has 196 valence electrons. The fourth-order valence-corrected chi connectivity index (χ4v) is 4.87. The highest BCUT2D eigenvalue weighted by molar-refractivity contribution is 5.83. The summed E-state index contributed by atoms with van der Waals surface area (Å²) >= 11 is 0. The van der Waals surface area contributed by atoms with Crippen LogP contribution in [0.25, 0.3) is 11.0 Å². The van der Waals surface area contributed by atoms with Gasteiger partial charge in [-0.25, -0.2) is 0 Å². The van der Waals surface area contributed by atoms with E-state index >= 15 is 0 Å². The number of fused-ring (bicyclic) bond motifs is 2. The van der Waals surface area contributed by atoms with Gasteiger partial charge in [-0.05, 0) is 42.0 Å². The highest BCUT2D eigenvalue weighted by Gasteiger charge is 2.22. The zero-order chi connectivity index (χ0) is 26.1. The van der Waals surface area contributed by atoms with Gasteiger partial charge in [0, 0.05) is 45.3 Å². The van der Waals surface area contributed by atoms with Crippen LogP contribution in [0.2, 0.25) is 0 Å². The van der Waals surface area contributed by atoms with Crippen LogP contribution < -0.4 is 24.4 Å². The van der Waals surface area contributed by atoms with E-state index in [1.54, 1.807) is 43.5 Å². The van der Waals surface area contributed by atoms with Crippen LogP contribution in [-0.4, -0.2) is 55.0 Å². The molecule has 38 heavy (non-hydrogen) atoms. The van der Waals surface area contributed by atoms with Gasteiger partial charge >= 0.3 is 0 Å². The summed E-state index contributed by atoms with van der Waals surface area (Å²) in [4.78, 5) is 17.8. The molecule has 1 N–H and O–H groups in total. The van der Waals surface area contributed by atoms with E-state index in [-0.39, 0.29) is 23.7 Å². The van der Waals surface area contributed by atoms with Gasteiger partial charge in [-0.15, -0.1) is 0 Å². The van der Waals surface area contributed by atoms with Crippen molar-refractivity contribution in [2.45, 2.75) is 13.1 Å². The van der Waals surface area contributed by atoms with E-state index < -0.39 is 0 Å². The molecule has 1 fully saturated rings. The third-order valence-corrected chi connectivity index (χ3v) is 6.95. The number of hydrogen-bond acceptors (Lipinski definition) is 9. The molecule has 0 amide bonds. The zero-order valence-electron chi connectivity index (χ0n) is 21.0. The van der Waals surface area contributed by atoms with E-state index in [0.29, 0.717) is 34.6 Å². The Hall–Kier alpha value is -4.21. The topological polar surface area (TPSA) is 93.8 Å². The van der Waals surface area contributed by atoms with E-state index in [4.69, 9.17) is 23.4 Å².